The lowest BCUT2D eigenvalue weighted by Crippen LogP contribution is -2.30. The number of nitrogens with one attached hydrogen (secondary N) is 3. The van der Waals surface area contributed by atoms with Gasteiger partial charge in [0.2, 0.25) is 5.91 Å². The lowest BCUT2D eigenvalue weighted by Gasteiger charge is -2.16. The summed E-state index contributed by atoms with van der Waals surface area (Å²) in [6.07, 6.45) is 2.19. The van der Waals surface area contributed by atoms with Crippen molar-refractivity contribution in [3.63, 3.8) is 0 Å². The van der Waals surface area contributed by atoms with E-state index in [-0.39, 0.29) is 16.9 Å². The fourth-order valence-electron chi connectivity index (χ4n) is 3.78. The average Bonchev–Trinajstić information content (AvgIpc) is 2.96. The Morgan fingerprint density at radius 2 is 1.48 bits per heavy atom. The third-order valence-corrected chi connectivity index (χ3v) is 7.36. The summed E-state index contributed by atoms with van der Waals surface area (Å²) in [6, 6.07) is 32.2. The van der Waals surface area contributed by atoms with Crippen LogP contribution in [-0.4, -0.2) is 23.0 Å². The number of thioether (sulfide) groups is 1. The van der Waals surface area contributed by atoms with E-state index in [9.17, 15) is 14.4 Å². The van der Waals surface area contributed by atoms with Crippen molar-refractivity contribution in [1.29, 1.82) is 0 Å². The highest BCUT2D eigenvalue weighted by Crippen LogP contribution is 2.29. The summed E-state index contributed by atoms with van der Waals surface area (Å²) >= 11 is 7.55. The van der Waals surface area contributed by atoms with Gasteiger partial charge in [0.05, 0.1) is 5.25 Å². The van der Waals surface area contributed by atoms with Gasteiger partial charge in [0.15, 0.2) is 0 Å². The molecule has 0 spiro atoms. The fraction of sp³-hybridized carbons (Fsp3) is 0.0938. The van der Waals surface area contributed by atoms with Gasteiger partial charge in [-0.2, -0.15) is 0 Å². The molecule has 0 fully saturated rings. The maximum absolute atomic E-state index is 13.4. The van der Waals surface area contributed by atoms with Crippen molar-refractivity contribution < 1.29 is 14.4 Å². The largest absolute Gasteiger partial charge is 0.325 e. The second-order valence-corrected chi connectivity index (χ2v) is 10.5. The minimum atomic E-state index is -0.500. The monoisotopic (exact) mass is 569 g/mol. The minimum absolute atomic E-state index is 0.0582. The normalized spacial score (nSPS) is 11.8. The van der Waals surface area contributed by atoms with E-state index in [1.807, 2.05) is 55.5 Å². The summed E-state index contributed by atoms with van der Waals surface area (Å²) in [5.74, 6) is -1.01. The summed E-state index contributed by atoms with van der Waals surface area (Å²) in [5.41, 5.74) is 2.40. The van der Waals surface area contributed by atoms with Crippen LogP contribution in [0.1, 0.15) is 29.3 Å². The molecule has 8 heteroatoms. The van der Waals surface area contributed by atoms with Crippen LogP contribution in [0.25, 0.3) is 6.08 Å². The number of carbonyl (C=O) groups is 3. The second kappa shape index (κ2) is 14.2. The Balaban J connectivity index is 1.50. The molecule has 4 aromatic carbocycles. The van der Waals surface area contributed by atoms with Gasteiger partial charge in [-0.1, -0.05) is 73.1 Å². The van der Waals surface area contributed by atoms with Crippen LogP contribution in [-0.2, 0) is 9.59 Å². The van der Waals surface area contributed by atoms with Crippen molar-refractivity contribution in [2.75, 3.05) is 10.6 Å². The fourth-order valence-corrected chi connectivity index (χ4v) is 4.99. The third-order valence-electron chi connectivity index (χ3n) is 5.76. The third kappa shape index (κ3) is 8.33. The van der Waals surface area contributed by atoms with Gasteiger partial charge < -0.3 is 16.0 Å². The van der Waals surface area contributed by atoms with Gasteiger partial charge in [-0.3, -0.25) is 14.4 Å². The van der Waals surface area contributed by atoms with Crippen LogP contribution < -0.4 is 16.0 Å². The van der Waals surface area contributed by atoms with Crippen molar-refractivity contribution >= 4 is 58.5 Å². The SMILES string of the molecule is CCC(Sc1cccc(NC(=O)/C(=C/c2cccc(Cl)c2)NC(=O)c2ccccc2)c1)C(=O)Nc1ccccc1. The van der Waals surface area contributed by atoms with E-state index in [0.717, 1.165) is 10.6 Å². The molecule has 4 aromatic rings. The second-order valence-electron chi connectivity index (χ2n) is 8.79. The number of halogens is 1. The minimum Gasteiger partial charge on any atom is -0.325 e. The highest BCUT2D eigenvalue weighted by atomic mass is 35.5. The predicted octanol–water partition coefficient (Wildman–Crippen LogP) is 7.26. The Morgan fingerprint density at radius 3 is 2.17 bits per heavy atom. The molecule has 6 nitrogen and oxygen atoms in total. The molecular weight excluding hydrogens is 542 g/mol. The van der Waals surface area contributed by atoms with Crippen LogP contribution in [0.15, 0.2) is 120 Å². The molecule has 0 aromatic heterocycles. The Hall–Kier alpha value is -4.33. The number of benzene rings is 4. The first kappa shape index (κ1) is 28.7. The summed E-state index contributed by atoms with van der Waals surface area (Å²) < 4.78 is 0. The number of hydrogen-bond acceptors (Lipinski definition) is 4. The molecule has 0 aliphatic carbocycles. The number of carbonyl (C=O) groups excluding carboxylic acids is 3. The van der Waals surface area contributed by atoms with E-state index >= 15 is 0 Å². The van der Waals surface area contributed by atoms with Gasteiger partial charge in [0.25, 0.3) is 11.8 Å². The Kier molecular flexibility index (Phi) is 10.2. The zero-order valence-electron chi connectivity index (χ0n) is 21.8. The molecule has 4 rings (SSSR count). The molecule has 0 aliphatic rings. The van der Waals surface area contributed by atoms with E-state index < -0.39 is 11.8 Å². The smallest absolute Gasteiger partial charge is 0.272 e. The Labute approximate surface area is 242 Å². The highest BCUT2D eigenvalue weighted by Gasteiger charge is 2.19. The summed E-state index contributed by atoms with van der Waals surface area (Å²) in [7, 11) is 0. The molecule has 0 bridgehead atoms. The van der Waals surface area contributed by atoms with E-state index in [2.05, 4.69) is 16.0 Å². The van der Waals surface area contributed by atoms with E-state index in [1.165, 1.54) is 11.8 Å². The van der Waals surface area contributed by atoms with Crippen molar-refractivity contribution in [1.82, 2.24) is 5.32 Å². The quantitative estimate of drug-likeness (QED) is 0.138. The first-order valence-electron chi connectivity index (χ1n) is 12.7. The van der Waals surface area contributed by atoms with Crippen molar-refractivity contribution in [3.05, 3.63) is 131 Å². The molecule has 0 saturated heterocycles. The van der Waals surface area contributed by atoms with Gasteiger partial charge >= 0.3 is 0 Å². The van der Waals surface area contributed by atoms with Gasteiger partial charge in [-0.05, 0) is 72.7 Å². The van der Waals surface area contributed by atoms with Crippen LogP contribution in [0.2, 0.25) is 5.02 Å². The van der Waals surface area contributed by atoms with E-state index in [0.29, 0.717) is 28.3 Å². The van der Waals surface area contributed by atoms with Gasteiger partial charge in [-0.25, -0.2) is 0 Å². The molecule has 3 amide bonds. The molecule has 1 atom stereocenters. The molecule has 0 aliphatic heterocycles. The topological polar surface area (TPSA) is 87.3 Å². The Bertz CT molecular complexity index is 1510. The number of anilines is 2. The maximum atomic E-state index is 13.4. The molecule has 0 radical (unpaired) electrons. The van der Waals surface area contributed by atoms with Crippen molar-refractivity contribution in [2.45, 2.75) is 23.5 Å². The van der Waals surface area contributed by atoms with Crippen molar-refractivity contribution in [3.8, 4) is 0 Å². The lowest BCUT2D eigenvalue weighted by molar-refractivity contribution is -0.116. The zero-order valence-corrected chi connectivity index (χ0v) is 23.3. The van der Waals surface area contributed by atoms with Gasteiger partial charge in [0, 0.05) is 26.9 Å². The molecule has 3 N–H and O–H groups in total. The number of hydrogen-bond donors (Lipinski definition) is 3. The first-order valence-corrected chi connectivity index (χ1v) is 13.9. The molecular formula is C32H28ClN3O3S. The van der Waals surface area contributed by atoms with Crippen LogP contribution in [0.5, 0.6) is 0 Å². The molecule has 202 valence electrons. The standard InChI is InChI=1S/C32H28ClN3O3S/c1-2-29(32(39)34-25-15-7-4-8-16-25)40-27-18-10-17-26(21-27)35-31(38)28(20-22-11-9-14-24(33)19-22)36-30(37)23-12-5-3-6-13-23/h3-21,29H,2H2,1H3,(H,34,39)(H,35,38)(H,36,37)/b28-20-. The van der Waals surface area contributed by atoms with Gasteiger partial charge in [-0.15, -0.1) is 11.8 Å². The first-order chi connectivity index (χ1) is 19.4. The lowest BCUT2D eigenvalue weighted by atomic mass is 10.1. The maximum Gasteiger partial charge on any atom is 0.272 e. The zero-order chi connectivity index (χ0) is 28.3. The number of amides is 3. The highest BCUT2D eigenvalue weighted by molar-refractivity contribution is 8.00. The summed E-state index contributed by atoms with van der Waals surface area (Å²) in [6.45, 7) is 1.95. The van der Waals surface area contributed by atoms with Gasteiger partial charge in [0.1, 0.15) is 5.70 Å². The van der Waals surface area contributed by atoms with Crippen LogP contribution in [0.4, 0.5) is 11.4 Å². The average molecular weight is 570 g/mol. The molecule has 1 unspecified atom stereocenters. The van der Waals surface area contributed by atoms with E-state index in [1.54, 1.807) is 66.7 Å². The number of para-hydroxylation sites is 1. The molecule has 0 saturated carbocycles. The molecule has 0 heterocycles. The van der Waals surface area contributed by atoms with Crippen LogP contribution in [0, 0.1) is 0 Å². The predicted molar refractivity (Wildman–Crippen MR) is 163 cm³/mol. The Morgan fingerprint density at radius 1 is 0.800 bits per heavy atom. The van der Waals surface area contributed by atoms with Crippen LogP contribution >= 0.6 is 23.4 Å². The van der Waals surface area contributed by atoms with Crippen molar-refractivity contribution in [2.24, 2.45) is 0 Å². The van der Waals surface area contributed by atoms with E-state index in [4.69, 9.17) is 11.6 Å². The molecule has 40 heavy (non-hydrogen) atoms. The van der Waals surface area contributed by atoms with Crippen LogP contribution in [0.3, 0.4) is 0 Å². The number of rotatable bonds is 10. The summed E-state index contributed by atoms with van der Waals surface area (Å²) in [4.78, 5) is 39.9. The summed E-state index contributed by atoms with van der Waals surface area (Å²) in [5, 5.41) is 8.72.